The van der Waals surface area contributed by atoms with Crippen LogP contribution >= 0.6 is 0 Å². The second kappa shape index (κ2) is 6.74. The number of aryl methyl sites for hydroxylation is 1. The van der Waals surface area contributed by atoms with E-state index in [1.807, 2.05) is 19.3 Å². The lowest BCUT2D eigenvalue weighted by Crippen LogP contribution is -2.61. The highest BCUT2D eigenvalue weighted by atomic mass is 32.2. The number of rotatable bonds is 3. The van der Waals surface area contributed by atoms with Gasteiger partial charge < -0.3 is 14.2 Å². The van der Waals surface area contributed by atoms with Gasteiger partial charge in [-0.25, -0.2) is 12.8 Å². The van der Waals surface area contributed by atoms with Crippen LogP contribution in [0.15, 0.2) is 47.5 Å². The molecular weight excluding hydrogens is 373 g/mol. The third kappa shape index (κ3) is 3.38. The number of sulfonamides is 1. The summed E-state index contributed by atoms with van der Waals surface area (Å²) >= 11 is 0. The maximum Gasteiger partial charge on any atom is 0.270 e. The highest BCUT2D eigenvalue weighted by Crippen LogP contribution is 2.26. The summed E-state index contributed by atoms with van der Waals surface area (Å²) in [4.78, 5) is 14.5. The van der Waals surface area contributed by atoms with Crippen LogP contribution < -0.4 is 0 Å². The molecular formula is C18H20FN3O4S. The molecule has 7 nitrogen and oxygen atoms in total. The fourth-order valence-corrected chi connectivity index (χ4v) is 5.12. The molecule has 1 aromatic heterocycles. The SMILES string of the molecule is Cn1cccc1C(=O)N1C[C@@H]2CN(S(=O)(=O)c3ccc(F)cc3)C[C@H](C1)O2. The molecule has 2 fully saturated rings. The van der Waals surface area contributed by atoms with Crippen molar-refractivity contribution in [3.63, 3.8) is 0 Å². The van der Waals surface area contributed by atoms with Crippen molar-refractivity contribution in [2.24, 2.45) is 7.05 Å². The fourth-order valence-electron chi connectivity index (χ4n) is 3.62. The molecule has 2 bridgehead atoms. The summed E-state index contributed by atoms with van der Waals surface area (Å²) in [6.07, 6.45) is 1.03. The molecule has 0 unspecified atom stereocenters. The maximum atomic E-state index is 13.1. The molecule has 0 radical (unpaired) electrons. The van der Waals surface area contributed by atoms with Crippen LogP contribution in [0, 0.1) is 5.82 Å². The van der Waals surface area contributed by atoms with Crippen molar-refractivity contribution in [1.82, 2.24) is 13.8 Å². The summed E-state index contributed by atoms with van der Waals surface area (Å²) in [6, 6.07) is 8.37. The van der Waals surface area contributed by atoms with Crippen LogP contribution in [-0.4, -0.2) is 66.5 Å². The molecule has 3 heterocycles. The van der Waals surface area contributed by atoms with Gasteiger partial charge in [-0.15, -0.1) is 0 Å². The predicted molar refractivity (Wildman–Crippen MR) is 95.1 cm³/mol. The van der Waals surface area contributed by atoms with Crippen LogP contribution in [0.3, 0.4) is 0 Å². The number of fused-ring (bicyclic) bond motifs is 2. The van der Waals surface area contributed by atoms with Gasteiger partial charge in [0.05, 0.1) is 17.1 Å². The smallest absolute Gasteiger partial charge is 0.270 e. The number of hydrogen-bond donors (Lipinski definition) is 0. The first-order valence-electron chi connectivity index (χ1n) is 8.66. The lowest BCUT2D eigenvalue weighted by atomic mass is 10.1. The minimum absolute atomic E-state index is 0.0561. The number of ether oxygens (including phenoxy) is 1. The summed E-state index contributed by atoms with van der Waals surface area (Å²) in [7, 11) is -1.92. The molecule has 2 aliphatic rings. The Labute approximate surface area is 157 Å². The van der Waals surface area contributed by atoms with Gasteiger partial charge in [0.2, 0.25) is 10.0 Å². The number of amides is 1. The Kier molecular flexibility index (Phi) is 4.53. The van der Waals surface area contributed by atoms with Crippen molar-refractivity contribution < 1.29 is 22.3 Å². The quantitative estimate of drug-likeness (QED) is 0.782. The van der Waals surface area contributed by atoms with E-state index < -0.39 is 28.0 Å². The number of carbonyl (C=O) groups is 1. The number of benzene rings is 1. The van der Waals surface area contributed by atoms with Crippen molar-refractivity contribution in [3.8, 4) is 0 Å². The Morgan fingerprint density at radius 3 is 2.26 bits per heavy atom. The first-order chi connectivity index (χ1) is 12.8. The zero-order valence-corrected chi connectivity index (χ0v) is 15.6. The third-order valence-electron chi connectivity index (χ3n) is 4.95. The van der Waals surface area contributed by atoms with E-state index in [0.29, 0.717) is 18.8 Å². The van der Waals surface area contributed by atoms with Crippen molar-refractivity contribution in [2.75, 3.05) is 26.2 Å². The molecule has 0 aliphatic carbocycles. The standard InChI is InChI=1S/C18H20FN3O4S/c1-20-8-2-3-17(20)18(23)21-9-14-11-22(12-15(10-21)26-14)27(24,25)16-6-4-13(19)5-7-16/h2-8,14-15H,9-12H2,1H3/t14-,15+. The molecule has 1 amide bonds. The van der Waals surface area contributed by atoms with Crippen LogP contribution in [0.2, 0.25) is 0 Å². The molecule has 2 saturated heterocycles. The molecule has 0 saturated carbocycles. The molecule has 2 aliphatic heterocycles. The maximum absolute atomic E-state index is 13.1. The van der Waals surface area contributed by atoms with E-state index >= 15 is 0 Å². The van der Waals surface area contributed by atoms with Crippen molar-refractivity contribution in [2.45, 2.75) is 17.1 Å². The van der Waals surface area contributed by atoms with Crippen LogP contribution in [-0.2, 0) is 21.8 Å². The summed E-state index contributed by atoms with van der Waals surface area (Å²) in [6.45, 7) is 0.978. The summed E-state index contributed by atoms with van der Waals surface area (Å²) < 4.78 is 47.8. The Morgan fingerprint density at radius 2 is 1.70 bits per heavy atom. The van der Waals surface area contributed by atoms with E-state index in [4.69, 9.17) is 4.74 Å². The van der Waals surface area contributed by atoms with Crippen LogP contribution in [0.25, 0.3) is 0 Å². The number of morpholine rings is 2. The van der Waals surface area contributed by atoms with Gasteiger partial charge in [-0.05, 0) is 36.4 Å². The third-order valence-corrected chi connectivity index (χ3v) is 6.79. The van der Waals surface area contributed by atoms with E-state index in [1.165, 1.54) is 16.4 Å². The number of aromatic nitrogens is 1. The van der Waals surface area contributed by atoms with Gasteiger partial charge in [-0.2, -0.15) is 4.31 Å². The topological polar surface area (TPSA) is 71.9 Å². The van der Waals surface area contributed by atoms with E-state index in [-0.39, 0.29) is 23.9 Å². The molecule has 2 aromatic rings. The second-order valence-electron chi connectivity index (χ2n) is 6.87. The first-order valence-corrected chi connectivity index (χ1v) is 10.1. The van der Waals surface area contributed by atoms with Gasteiger partial charge in [0, 0.05) is 39.4 Å². The predicted octanol–water partition coefficient (Wildman–Crippen LogP) is 1.08. The molecule has 4 rings (SSSR count). The van der Waals surface area contributed by atoms with Crippen molar-refractivity contribution >= 4 is 15.9 Å². The van der Waals surface area contributed by atoms with Crippen LogP contribution in [0.5, 0.6) is 0 Å². The Morgan fingerprint density at radius 1 is 1.07 bits per heavy atom. The highest BCUT2D eigenvalue weighted by Gasteiger charge is 2.41. The van der Waals surface area contributed by atoms with Gasteiger partial charge in [-0.3, -0.25) is 4.79 Å². The van der Waals surface area contributed by atoms with Crippen LogP contribution in [0.1, 0.15) is 10.5 Å². The molecule has 2 atom stereocenters. The van der Waals surface area contributed by atoms with E-state index in [1.54, 1.807) is 15.5 Å². The molecule has 144 valence electrons. The lowest BCUT2D eigenvalue weighted by molar-refractivity contribution is -0.113. The fraction of sp³-hybridized carbons (Fsp3) is 0.389. The second-order valence-corrected chi connectivity index (χ2v) is 8.81. The zero-order chi connectivity index (χ0) is 19.2. The van der Waals surface area contributed by atoms with Gasteiger partial charge in [0.15, 0.2) is 0 Å². The lowest BCUT2D eigenvalue weighted by Gasteiger charge is -2.45. The minimum atomic E-state index is -3.73. The van der Waals surface area contributed by atoms with Crippen LogP contribution in [0.4, 0.5) is 4.39 Å². The largest absolute Gasteiger partial charge is 0.369 e. The van der Waals surface area contributed by atoms with Crippen molar-refractivity contribution in [1.29, 1.82) is 0 Å². The Hall–Kier alpha value is -2.23. The Bertz CT molecular complexity index is 943. The molecule has 27 heavy (non-hydrogen) atoms. The molecule has 1 aromatic carbocycles. The average molecular weight is 393 g/mol. The molecule has 9 heteroatoms. The monoisotopic (exact) mass is 393 g/mol. The normalized spacial score (nSPS) is 23.4. The number of halogens is 1. The Balaban J connectivity index is 1.50. The van der Waals surface area contributed by atoms with Gasteiger partial charge >= 0.3 is 0 Å². The number of nitrogens with zero attached hydrogens (tertiary/aromatic N) is 3. The average Bonchev–Trinajstić information content (AvgIpc) is 3.06. The summed E-state index contributed by atoms with van der Waals surface area (Å²) in [5.41, 5.74) is 0.589. The van der Waals surface area contributed by atoms with Crippen molar-refractivity contribution in [3.05, 3.63) is 54.1 Å². The molecule has 0 spiro atoms. The van der Waals surface area contributed by atoms with Gasteiger partial charge in [-0.1, -0.05) is 0 Å². The van der Waals surface area contributed by atoms with E-state index in [2.05, 4.69) is 0 Å². The zero-order valence-electron chi connectivity index (χ0n) is 14.8. The van der Waals surface area contributed by atoms with Gasteiger partial charge in [0.1, 0.15) is 11.5 Å². The van der Waals surface area contributed by atoms with E-state index in [0.717, 1.165) is 12.1 Å². The highest BCUT2D eigenvalue weighted by molar-refractivity contribution is 7.89. The number of hydrogen-bond acceptors (Lipinski definition) is 4. The number of carbonyl (C=O) groups excluding carboxylic acids is 1. The van der Waals surface area contributed by atoms with E-state index in [9.17, 15) is 17.6 Å². The van der Waals surface area contributed by atoms with Gasteiger partial charge in [0.25, 0.3) is 5.91 Å². The first kappa shape index (κ1) is 18.1. The minimum Gasteiger partial charge on any atom is -0.369 e. The summed E-state index contributed by atoms with van der Waals surface area (Å²) in [5.74, 6) is -0.571. The summed E-state index contributed by atoms with van der Waals surface area (Å²) in [5, 5.41) is 0. The molecule has 0 N–H and O–H groups in total.